The third-order valence-corrected chi connectivity index (χ3v) is 11.8. The van der Waals surface area contributed by atoms with E-state index in [4.69, 9.17) is 9.97 Å². The van der Waals surface area contributed by atoms with Crippen molar-refractivity contribution in [3.05, 3.63) is 200 Å². The maximum Gasteiger partial charge on any atom is 0.160 e. The number of nitrogens with zero attached hydrogens (tertiary/aromatic N) is 3. The van der Waals surface area contributed by atoms with Crippen LogP contribution in [0.5, 0.6) is 0 Å². The summed E-state index contributed by atoms with van der Waals surface area (Å²) in [5.41, 5.74) is 9.20. The van der Waals surface area contributed by atoms with Crippen LogP contribution < -0.4 is 0 Å². The molecular weight excluding hydrogens is 703 g/mol. The van der Waals surface area contributed by atoms with Crippen molar-refractivity contribution in [1.29, 1.82) is 0 Å². The molecule has 0 aliphatic heterocycles. The van der Waals surface area contributed by atoms with Gasteiger partial charge in [0.2, 0.25) is 0 Å². The number of pyridine rings is 1. The minimum atomic E-state index is 0.688. The molecule has 0 bridgehead atoms. The van der Waals surface area contributed by atoms with E-state index in [9.17, 15) is 0 Å². The van der Waals surface area contributed by atoms with Gasteiger partial charge in [0.1, 0.15) is 0 Å². The highest BCUT2D eigenvalue weighted by molar-refractivity contribution is 6.37. The lowest BCUT2D eigenvalue weighted by Crippen LogP contribution is -1.97. The van der Waals surface area contributed by atoms with Gasteiger partial charge in [0.15, 0.2) is 5.82 Å². The lowest BCUT2D eigenvalue weighted by Gasteiger charge is -2.18. The van der Waals surface area contributed by atoms with Gasteiger partial charge in [-0.25, -0.2) is 9.97 Å². The van der Waals surface area contributed by atoms with Crippen LogP contribution in [0, 0.1) is 0 Å². The second-order valence-corrected chi connectivity index (χ2v) is 15.2. The van der Waals surface area contributed by atoms with Crippen LogP contribution >= 0.6 is 0 Å². The standard InChI is InChI=1S/C55H33N3/c1-2-11-37(12-3-1)55-57-49(39-17-6-16-38(29-39)41-18-10-28-56-33-41)32-50(58-55)44-20-5-4-19-43(44)42-30-40-27-26-36-14-8-22-46-45-21-7-13-34-24-25-35-15-9-23-47(53(35)51(34)45)48(31-42)54(40)52(36)46/h1-33H. The van der Waals surface area contributed by atoms with Crippen molar-refractivity contribution in [1.82, 2.24) is 15.0 Å². The molecular formula is C55H33N3. The summed E-state index contributed by atoms with van der Waals surface area (Å²) in [5, 5.41) is 15.2. The number of benzene rings is 9. The van der Waals surface area contributed by atoms with Crippen molar-refractivity contribution in [2.24, 2.45) is 0 Å². The van der Waals surface area contributed by atoms with Crippen LogP contribution in [0.2, 0.25) is 0 Å². The molecule has 0 fully saturated rings. The fourth-order valence-corrected chi connectivity index (χ4v) is 9.24. The predicted octanol–water partition coefficient (Wildman–Crippen LogP) is 14.6. The Bertz CT molecular complexity index is 3550. The number of fused-ring (bicyclic) bond motifs is 2. The Kier molecular flexibility index (Phi) is 7.23. The molecule has 10 aromatic carbocycles. The minimum absolute atomic E-state index is 0.688. The van der Waals surface area contributed by atoms with Gasteiger partial charge in [-0.1, -0.05) is 158 Å². The molecule has 58 heavy (non-hydrogen) atoms. The molecule has 0 saturated carbocycles. The van der Waals surface area contributed by atoms with Gasteiger partial charge in [0.25, 0.3) is 0 Å². The highest BCUT2D eigenvalue weighted by Gasteiger charge is 2.19. The number of hydrogen-bond donors (Lipinski definition) is 0. The molecule has 0 saturated heterocycles. The summed E-state index contributed by atoms with van der Waals surface area (Å²) in [7, 11) is 0. The minimum Gasteiger partial charge on any atom is -0.264 e. The Morgan fingerprint density at radius 1 is 0.293 bits per heavy atom. The van der Waals surface area contributed by atoms with Crippen LogP contribution in [-0.4, -0.2) is 15.0 Å². The predicted molar refractivity (Wildman–Crippen MR) is 243 cm³/mol. The average Bonchev–Trinajstić information content (AvgIpc) is 3.30. The van der Waals surface area contributed by atoms with Crippen LogP contribution in [0.15, 0.2) is 200 Å². The van der Waals surface area contributed by atoms with Gasteiger partial charge in [0, 0.05) is 34.6 Å². The Morgan fingerprint density at radius 2 is 0.845 bits per heavy atom. The second-order valence-electron chi connectivity index (χ2n) is 15.2. The first-order valence-corrected chi connectivity index (χ1v) is 19.7. The molecule has 3 nitrogen and oxygen atoms in total. The lowest BCUT2D eigenvalue weighted by atomic mass is 9.86. The van der Waals surface area contributed by atoms with Gasteiger partial charge in [0.05, 0.1) is 11.4 Å². The summed E-state index contributed by atoms with van der Waals surface area (Å²) in [4.78, 5) is 14.9. The van der Waals surface area contributed by atoms with Gasteiger partial charge in [-0.2, -0.15) is 0 Å². The monoisotopic (exact) mass is 735 g/mol. The fraction of sp³-hybridized carbons (Fsp3) is 0. The first-order chi connectivity index (χ1) is 28.7. The second kappa shape index (κ2) is 12.9. The zero-order valence-electron chi connectivity index (χ0n) is 31.4. The van der Waals surface area contributed by atoms with Crippen LogP contribution in [0.4, 0.5) is 0 Å². The highest BCUT2D eigenvalue weighted by Crippen LogP contribution is 2.45. The van der Waals surface area contributed by atoms with Crippen molar-refractivity contribution in [3.8, 4) is 56.2 Å². The maximum absolute atomic E-state index is 5.31. The Hall–Kier alpha value is -7.75. The van der Waals surface area contributed by atoms with E-state index >= 15 is 0 Å². The summed E-state index contributed by atoms with van der Waals surface area (Å²) in [5.74, 6) is 0.688. The summed E-state index contributed by atoms with van der Waals surface area (Å²) >= 11 is 0. The highest BCUT2D eigenvalue weighted by atomic mass is 14.9. The van der Waals surface area contributed by atoms with Gasteiger partial charge in [-0.3, -0.25) is 4.98 Å². The van der Waals surface area contributed by atoms with E-state index < -0.39 is 0 Å². The Labute approximate surface area is 334 Å². The van der Waals surface area contributed by atoms with E-state index in [-0.39, 0.29) is 0 Å². The van der Waals surface area contributed by atoms with Gasteiger partial charge in [-0.15, -0.1) is 0 Å². The van der Waals surface area contributed by atoms with Crippen molar-refractivity contribution >= 4 is 64.6 Å². The molecule has 0 spiro atoms. The topological polar surface area (TPSA) is 38.7 Å². The Balaban J connectivity index is 1.14. The molecule has 2 aromatic heterocycles. The molecule has 2 heterocycles. The van der Waals surface area contributed by atoms with E-state index in [1.807, 2.05) is 30.5 Å². The molecule has 0 unspecified atom stereocenters. The Morgan fingerprint density at radius 3 is 1.53 bits per heavy atom. The van der Waals surface area contributed by atoms with Crippen LogP contribution in [0.1, 0.15) is 0 Å². The molecule has 12 aromatic rings. The normalized spacial score (nSPS) is 11.8. The molecule has 0 atom stereocenters. The summed E-state index contributed by atoms with van der Waals surface area (Å²) in [6.45, 7) is 0. The van der Waals surface area contributed by atoms with E-state index in [0.29, 0.717) is 5.82 Å². The lowest BCUT2D eigenvalue weighted by molar-refractivity contribution is 1.18. The third kappa shape index (κ3) is 5.11. The van der Waals surface area contributed by atoms with Crippen molar-refractivity contribution in [3.63, 3.8) is 0 Å². The van der Waals surface area contributed by atoms with Crippen LogP contribution in [0.25, 0.3) is 121 Å². The third-order valence-electron chi connectivity index (χ3n) is 11.8. The van der Waals surface area contributed by atoms with Crippen molar-refractivity contribution < 1.29 is 0 Å². The van der Waals surface area contributed by atoms with E-state index in [2.05, 4.69) is 169 Å². The van der Waals surface area contributed by atoms with Gasteiger partial charge < -0.3 is 0 Å². The van der Waals surface area contributed by atoms with Gasteiger partial charge in [-0.05, 0) is 112 Å². The first-order valence-electron chi connectivity index (χ1n) is 19.7. The van der Waals surface area contributed by atoms with E-state index in [0.717, 1.165) is 50.3 Å². The molecule has 12 rings (SSSR count). The smallest absolute Gasteiger partial charge is 0.160 e. The number of hydrogen-bond acceptors (Lipinski definition) is 3. The molecule has 268 valence electrons. The first kappa shape index (κ1) is 32.5. The average molecular weight is 736 g/mol. The fourth-order valence-electron chi connectivity index (χ4n) is 9.24. The van der Waals surface area contributed by atoms with Crippen molar-refractivity contribution in [2.75, 3.05) is 0 Å². The largest absolute Gasteiger partial charge is 0.264 e. The van der Waals surface area contributed by atoms with E-state index in [1.54, 1.807) is 6.20 Å². The molecule has 0 N–H and O–H groups in total. The zero-order chi connectivity index (χ0) is 38.2. The molecule has 0 radical (unpaired) electrons. The van der Waals surface area contributed by atoms with Crippen molar-refractivity contribution in [2.45, 2.75) is 0 Å². The molecule has 0 aliphatic rings. The molecule has 0 amide bonds. The van der Waals surface area contributed by atoms with E-state index in [1.165, 1.54) is 64.6 Å². The SMILES string of the molecule is c1ccc(-c2nc(-c3cccc(-c4cccnc4)c3)cc(-c3ccccc3-c3cc4ccc5cccc6c7cccc8ccc9cccc(c(c3)c4c56)c9c87)n2)cc1. The van der Waals surface area contributed by atoms with Crippen LogP contribution in [-0.2, 0) is 0 Å². The molecule has 0 aliphatic carbocycles. The zero-order valence-corrected chi connectivity index (χ0v) is 31.4. The van der Waals surface area contributed by atoms with Crippen LogP contribution in [0.3, 0.4) is 0 Å². The summed E-state index contributed by atoms with van der Waals surface area (Å²) in [6, 6.07) is 68.0. The van der Waals surface area contributed by atoms with Gasteiger partial charge >= 0.3 is 0 Å². The number of rotatable bonds is 5. The summed E-state index contributed by atoms with van der Waals surface area (Å²) < 4.78 is 0. The number of aromatic nitrogens is 3. The summed E-state index contributed by atoms with van der Waals surface area (Å²) in [6.07, 6.45) is 3.71. The quantitative estimate of drug-likeness (QED) is 0.165. The maximum atomic E-state index is 5.31. The molecule has 3 heteroatoms.